The molecule has 0 radical (unpaired) electrons. The van der Waals surface area contributed by atoms with Crippen molar-refractivity contribution in [2.45, 2.75) is 39.0 Å². The highest BCUT2D eigenvalue weighted by atomic mass is 16.5. The van der Waals surface area contributed by atoms with Crippen molar-refractivity contribution < 1.29 is 9.53 Å². The number of hydrogen-bond acceptors (Lipinski definition) is 2. The number of carbonyl (C=O) groups is 1. The fourth-order valence-electron chi connectivity index (χ4n) is 2.17. The normalized spacial score (nSPS) is 14.9. The monoisotopic (exact) mass is 218 g/mol. The SMILES string of the molecule is COC(=O)Cc1cc(C2CC2)c(C)cc1C. The van der Waals surface area contributed by atoms with Crippen molar-refractivity contribution in [2.24, 2.45) is 0 Å². The molecular formula is C14H18O2. The maximum absolute atomic E-state index is 11.3. The summed E-state index contributed by atoms with van der Waals surface area (Å²) in [6.45, 7) is 4.21. The first-order valence-electron chi connectivity index (χ1n) is 5.78. The third kappa shape index (κ3) is 2.26. The Bertz CT molecular complexity index is 417. The van der Waals surface area contributed by atoms with Gasteiger partial charge in [-0.05, 0) is 54.9 Å². The van der Waals surface area contributed by atoms with E-state index in [0.29, 0.717) is 6.42 Å². The zero-order chi connectivity index (χ0) is 11.7. The molecule has 2 heteroatoms. The van der Waals surface area contributed by atoms with Gasteiger partial charge in [0.1, 0.15) is 0 Å². The fourth-order valence-corrected chi connectivity index (χ4v) is 2.17. The Morgan fingerprint density at radius 1 is 1.31 bits per heavy atom. The lowest BCUT2D eigenvalue weighted by Gasteiger charge is -2.11. The second-order valence-corrected chi connectivity index (χ2v) is 4.66. The molecule has 0 bridgehead atoms. The van der Waals surface area contributed by atoms with Gasteiger partial charge in [0, 0.05) is 0 Å². The lowest BCUT2D eigenvalue weighted by atomic mass is 9.95. The first-order valence-corrected chi connectivity index (χ1v) is 5.78. The molecule has 1 fully saturated rings. The highest BCUT2D eigenvalue weighted by Crippen LogP contribution is 2.42. The van der Waals surface area contributed by atoms with E-state index in [1.165, 1.54) is 36.6 Å². The summed E-state index contributed by atoms with van der Waals surface area (Å²) in [7, 11) is 1.44. The first-order chi connectivity index (χ1) is 7.61. The Hall–Kier alpha value is -1.31. The van der Waals surface area contributed by atoms with Crippen molar-refractivity contribution in [2.75, 3.05) is 7.11 Å². The smallest absolute Gasteiger partial charge is 0.309 e. The van der Waals surface area contributed by atoms with Gasteiger partial charge in [0.05, 0.1) is 13.5 Å². The minimum atomic E-state index is -0.159. The summed E-state index contributed by atoms with van der Waals surface area (Å²) in [6, 6.07) is 4.38. The van der Waals surface area contributed by atoms with Crippen molar-refractivity contribution in [1.82, 2.24) is 0 Å². The third-order valence-electron chi connectivity index (χ3n) is 3.30. The van der Waals surface area contributed by atoms with Gasteiger partial charge in [-0.1, -0.05) is 12.1 Å². The lowest BCUT2D eigenvalue weighted by Crippen LogP contribution is -2.06. The van der Waals surface area contributed by atoms with E-state index < -0.39 is 0 Å². The van der Waals surface area contributed by atoms with Crippen molar-refractivity contribution in [3.8, 4) is 0 Å². The summed E-state index contributed by atoms with van der Waals surface area (Å²) in [5, 5.41) is 0. The standard InChI is InChI=1S/C14H18O2/c1-9-6-10(2)13(11-4-5-11)7-12(9)8-14(15)16-3/h6-7,11H,4-5,8H2,1-3H3. The van der Waals surface area contributed by atoms with Crippen LogP contribution in [0.3, 0.4) is 0 Å². The van der Waals surface area contributed by atoms with E-state index in [2.05, 4.69) is 26.0 Å². The van der Waals surface area contributed by atoms with E-state index in [4.69, 9.17) is 4.74 Å². The van der Waals surface area contributed by atoms with Crippen LogP contribution in [0.4, 0.5) is 0 Å². The molecule has 0 unspecified atom stereocenters. The highest BCUT2D eigenvalue weighted by molar-refractivity contribution is 5.73. The molecule has 0 spiro atoms. The van der Waals surface area contributed by atoms with Gasteiger partial charge in [-0.2, -0.15) is 0 Å². The number of carbonyl (C=O) groups excluding carboxylic acids is 1. The van der Waals surface area contributed by atoms with Crippen LogP contribution < -0.4 is 0 Å². The number of aryl methyl sites for hydroxylation is 2. The number of esters is 1. The van der Waals surface area contributed by atoms with E-state index in [1.807, 2.05) is 0 Å². The van der Waals surface area contributed by atoms with Crippen LogP contribution in [0.1, 0.15) is 41.0 Å². The number of hydrogen-bond donors (Lipinski definition) is 0. The van der Waals surface area contributed by atoms with Gasteiger partial charge in [0.15, 0.2) is 0 Å². The van der Waals surface area contributed by atoms with E-state index in [0.717, 1.165) is 11.5 Å². The molecule has 0 aromatic heterocycles. The Kier molecular flexibility index (Phi) is 2.99. The highest BCUT2D eigenvalue weighted by Gasteiger charge is 2.25. The average Bonchev–Trinajstić information content (AvgIpc) is 3.05. The molecule has 1 saturated carbocycles. The van der Waals surface area contributed by atoms with Crippen LogP contribution in [0, 0.1) is 13.8 Å². The molecule has 0 heterocycles. The van der Waals surface area contributed by atoms with Crippen LogP contribution in [-0.2, 0) is 16.0 Å². The molecule has 2 rings (SSSR count). The van der Waals surface area contributed by atoms with Crippen molar-refractivity contribution in [3.05, 3.63) is 34.4 Å². The Balaban J connectivity index is 2.29. The third-order valence-corrected chi connectivity index (χ3v) is 3.30. The summed E-state index contributed by atoms with van der Waals surface area (Å²) in [6.07, 6.45) is 2.98. The molecule has 86 valence electrons. The Morgan fingerprint density at radius 3 is 2.56 bits per heavy atom. The Labute approximate surface area is 96.6 Å². The largest absolute Gasteiger partial charge is 0.469 e. The van der Waals surface area contributed by atoms with Crippen molar-refractivity contribution in [3.63, 3.8) is 0 Å². The summed E-state index contributed by atoms with van der Waals surface area (Å²) in [4.78, 5) is 11.3. The Morgan fingerprint density at radius 2 is 2.00 bits per heavy atom. The molecule has 0 atom stereocenters. The molecule has 1 aliphatic rings. The molecule has 0 saturated heterocycles. The minimum absolute atomic E-state index is 0.159. The van der Waals surface area contributed by atoms with Gasteiger partial charge < -0.3 is 4.74 Å². The number of methoxy groups -OCH3 is 1. The molecular weight excluding hydrogens is 200 g/mol. The molecule has 2 nitrogen and oxygen atoms in total. The summed E-state index contributed by atoms with van der Waals surface area (Å²) in [5.41, 5.74) is 5.07. The molecule has 0 amide bonds. The van der Waals surface area contributed by atoms with E-state index in [-0.39, 0.29) is 5.97 Å². The molecule has 0 aliphatic heterocycles. The summed E-state index contributed by atoms with van der Waals surface area (Å²) >= 11 is 0. The average molecular weight is 218 g/mol. The maximum atomic E-state index is 11.3. The molecule has 1 aromatic rings. The van der Waals surface area contributed by atoms with Gasteiger partial charge in [-0.25, -0.2) is 0 Å². The first kappa shape index (κ1) is 11.2. The van der Waals surface area contributed by atoms with E-state index >= 15 is 0 Å². The van der Waals surface area contributed by atoms with Crippen LogP contribution in [0.15, 0.2) is 12.1 Å². The zero-order valence-corrected chi connectivity index (χ0v) is 10.2. The van der Waals surface area contributed by atoms with Crippen LogP contribution in [0.2, 0.25) is 0 Å². The van der Waals surface area contributed by atoms with Crippen LogP contribution in [-0.4, -0.2) is 13.1 Å². The van der Waals surface area contributed by atoms with Gasteiger partial charge >= 0.3 is 5.97 Å². The van der Waals surface area contributed by atoms with Crippen molar-refractivity contribution in [1.29, 1.82) is 0 Å². The number of ether oxygens (including phenoxy) is 1. The van der Waals surface area contributed by atoms with Gasteiger partial charge in [-0.3, -0.25) is 4.79 Å². The number of benzene rings is 1. The van der Waals surface area contributed by atoms with Crippen molar-refractivity contribution >= 4 is 5.97 Å². The second-order valence-electron chi connectivity index (χ2n) is 4.66. The number of rotatable bonds is 3. The van der Waals surface area contributed by atoms with Crippen LogP contribution in [0.25, 0.3) is 0 Å². The summed E-state index contributed by atoms with van der Waals surface area (Å²) < 4.78 is 4.72. The topological polar surface area (TPSA) is 26.3 Å². The second kappa shape index (κ2) is 4.28. The molecule has 16 heavy (non-hydrogen) atoms. The summed E-state index contributed by atoms with van der Waals surface area (Å²) in [5.74, 6) is 0.575. The van der Waals surface area contributed by atoms with Crippen LogP contribution in [0.5, 0.6) is 0 Å². The maximum Gasteiger partial charge on any atom is 0.309 e. The predicted molar refractivity (Wildman–Crippen MR) is 63.6 cm³/mol. The van der Waals surface area contributed by atoms with E-state index in [1.54, 1.807) is 0 Å². The molecule has 1 aromatic carbocycles. The van der Waals surface area contributed by atoms with E-state index in [9.17, 15) is 4.79 Å². The molecule has 0 N–H and O–H groups in total. The quantitative estimate of drug-likeness (QED) is 0.729. The molecule has 1 aliphatic carbocycles. The lowest BCUT2D eigenvalue weighted by molar-refractivity contribution is -0.139. The van der Waals surface area contributed by atoms with Gasteiger partial charge in [0.25, 0.3) is 0 Å². The minimum Gasteiger partial charge on any atom is -0.469 e. The predicted octanol–water partition coefficient (Wildman–Crippen LogP) is 2.90. The fraction of sp³-hybridized carbons (Fsp3) is 0.500. The van der Waals surface area contributed by atoms with Gasteiger partial charge in [0.2, 0.25) is 0 Å². The van der Waals surface area contributed by atoms with Crippen LogP contribution >= 0.6 is 0 Å². The van der Waals surface area contributed by atoms with Gasteiger partial charge in [-0.15, -0.1) is 0 Å². The zero-order valence-electron chi connectivity index (χ0n) is 10.2.